The zero-order valence-corrected chi connectivity index (χ0v) is 21.5. The van der Waals surface area contributed by atoms with E-state index in [-0.39, 0.29) is 53.5 Å². The Morgan fingerprint density at radius 1 is 1.25 bits per heavy atom. The van der Waals surface area contributed by atoms with E-state index >= 15 is 0 Å². The van der Waals surface area contributed by atoms with E-state index in [9.17, 15) is 27.2 Å². The van der Waals surface area contributed by atoms with E-state index in [1.54, 1.807) is 6.07 Å². The Labute approximate surface area is 209 Å². The number of sulfone groups is 1. The van der Waals surface area contributed by atoms with Crippen LogP contribution in [-0.4, -0.2) is 66.1 Å². The van der Waals surface area contributed by atoms with Crippen LogP contribution in [0.4, 0.5) is 4.39 Å². The summed E-state index contributed by atoms with van der Waals surface area (Å²) in [5.74, 6) is -1.57. The zero-order chi connectivity index (χ0) is 26.3. The van der Waals surface area contributed by atoms with Gasteiger partial charge in [-0.2, -0.15) is 5.10 Å². The van der Waals surface area contributed by atoms with Gasteiger partial charge in [0.1, 0.15) is 27.2 Å². The average Bonchev–Trinajstić information content (AvgIpc) is 3.36. The third-order valence-corrected chi connectivity index (χ3v) is 8.48. The number of rotatable bonds is 6. The Morgan fingerprint density at radius 2 is 1.94 bits per heavy atom. The molecule has 2 aliphatic heterocycles. The van der Waals surface area contributed by atoms with Crippen LogP contribution in [0.2, 0.25) is 0 Å². The minimum absolute atomic E-state index is 0.00677. The minimum atomic E-state index is -3.04. The van der Waals surface area contributed by atoms with Crippen molar-refractivity contribution >= 4 is 38.5 Å². The van der Waals surface area contributed by atoms with Crippen molar-refractivity contribution in [3.8, 4) is 0 Å². The molecule has 10 nitrogen and oxygen atoms in total. The lowest BCUT2D eigenvalue weighted by Crippen LogP contribution is -2.55. The number of para-hydroxylation sites is 1. The van der Waals surface area contributed by atoms with Gasteiger partial charge >= 0.3 is 0 Å². The van der Waals surface area contributed by atoms with Gasteiger partial charge in [-0.15, -0.1) is 0 Å². The third-order valence-electron chi connectivity index (χ3n) is 6.77. The quantitative estimate of drug-likeness (QED) is 0.521. The zero-order valence-electron chi connectivity index (χ0n) is 20.6. The van der Waals surface area contributed by atoms with Crippen LogP contribution in [-0.2, 0) is 26.0 Å². The number of benzene rings is 1. The minimum Gasteiger partial charge on any atom is -0.354 e. The average molecular weight is 522 g/mol. The standard InChI is InChI=1S/C24H32FN5O5S/c1-24(2,3)21(23(33)27-15-11-18(31)26-12-15)28-22(32)19-16-5-4-6-17(25)20(16)30(29-19)13-14-7-9-36(34,35)10-8-14/h4-6,14-15,21H,7-13H2,1-3H3,(H,26,31)(H,27,33)(H,28,32)/t15-,21?/m0/s1. The number of amides is 3. The lowest BCUT2D eigenvalue weighted by molar-refractivity contribution is -0.126. The summed E-state index contributed by atoms with van der Waals surface area (Å²) in [6.07, 6.45) is 1.07. The van der Waals surface area contributed by atoms with E-state index in [0.29, 0.717) is 24.8 Å². The molecule has 12 heteroatoms. The van der Waals surface area contributed by atoms with Crippen molar-refractivity contribution in [2.75, 3.05) is 18.1 Å². The van der Waals surface area contributed by atoms with Crippen LogP contribution < -0.4 is 16.0 Å². The Morgan fingerprint density at radius 3 is 2.56 bits per heavy atom. The number of carbonyl (C=O) groups is 3. The van der Waals surface area contributed by atoms with Crippen molar-refractivity contribution in [2.45, 2.75) is 58.7 Å². The van der Waals surface area contributed by atoms with Gasteiger partial charge in [-0.05, 0) is 30.2 Å². The molecule has 3 N–H and O–H groups in total. The molecule has 2 saturated heterocycles. The van der Waals surface area contributed by atoms with E-state index in [1.807, 2.05) is 20.8 Å². The molecule has 2 atom stereocenters. The summed E-state index contributed by atoms with van der Waals surface area (Å²) in [6.45, 7) is 6.04. The molecule has 36 heavy (non-hydrogen) atoms. The number of hydrogen-bond donors (Lipinski definition) is 3. The first-order chi connectivity index (χ1) is 16.8. The number of carbonyl (C=O) groups excluding carboxylic acids is 3. The molecule has 0 aliphatic carbocycles. The summed E-state index contributed by atoms with van der Waals surface area (Å²) in [5, 5.41) is 13.0. The molecule has 0 spiro atoms. The molecule has 2 aliphatic rings. The van der Waals surface area contributed by atoms with Gasteiger partial charge < -0.3 is 16.0 Å². The Balaban J connectivity index is 1.58. The molecule has 1 unspecified atom stereocenters. The summed E-state index contributed by atoms with van der Waals surface area (Å²) in [4.78, 5) is 37.9. The van der Waals surface area contributed by atoms with Crippen LogP contribution in [0, 0.1) is 17.2 Å². The molecule has 1 aromatic carbocycles. The molecular weight excluding hydrogens is 489 g/mol. The number of nitrogens with zero attached hydrogens (tertiary/aromatic N) is 2. The van der Waals surface area contributed by atoms with Crippen LogP contribution >= 0.6 is 0 Å². The Kier molecular flexibility index (Phi) is 7.09. The Hall–Kier alpha value is -3.02. The number of nitrogens with one attached hydrogen (secondary N) is 3. The van der Waals surface area contributed by atoms with Crippen molar-refractivity contribution < 1.29 is 27.2 Å². The number of aromatic nitrogens is 2. The molecule has 2 aromatic rings. The largest absolute Gasteiger partial charge is 0.354 e. The summed E-state index contributed by atoms with van der Waals surface area (Å²) in [5.41, 5.74) is -0.497. The summed E-state index contributed by atoms with van der Waals surface area (Å²) < 4.78 is 39.9. The second-order valence-corrected chi connectivity index (χ2v) is 13.1. The van der Waals surface area contributed by atoms with E-state index in [1.165, 1.54) is 16.8 Å². The van der Waals surface area contributed by atoms with Gasteiger partial charge in [0.15, 0.2) is 5.69 Å². The van der Waals surface area contributed by atoms with Gasteiger partial charge in [0.2, 0.25) is 11.8 Å². The van der Waals surface area contributed by atoms with Crippen LogP contribution in [0.15, 0.2) is 18.2 Å². The summed E-state index contributed by atoms with van der Waals surface area (Å²) in [6, 6.07) is 3.09. The number of fused-ring (bicyclic) bond motifs is 1. The topological polar surface area (TPSA) is 139 Å². The second-order valence-electron chi connectivity index (χ2n) is 10.7. The van der Waals surface area contributed by atoms with Gasteiger partial charge in [0, 0.05) is 24.9 Å². The van der Waals surface area contributed by atoms with Crippen molar-refractivity contribution in [1.29, 1.82) is 0 Å². The monoisotopic (exact) mass is 521 g/mol. The van der Waals surface area contributed by atoms with Gasteiger partial charge in [-0.3, -0.25) is 19.1 Å². The second kappa shape index (κ2) is 9.79. The van der Waals surface area contributed by atoms with Crippen molar-refractivity contribution in [2.24, 2.45) is 11.3 Å². The highest BCUT2D eigenvalue weighted by Gasteiger charge is 2.36. The maximum Gasteiger partial charge on any atom is 0.273 e. The maximum atomic E-state index is 14.9. The third kappa shape index (κ3) is 5.69. The fraction of sp³-hybridized carbons (Fsp3) is 0.583. The molecule has 196 valence electrons. The lowest BCUT2D eigenvalue weighted by atomic mass is 9.85. The van der Waals surface area contributed by atoms with E-state index in [4.69, 9.17) is 0 Å². The predicted octanol–water partition coefficient (Wildman–Crippen LogP) is 1.15. The Bertz CT molecular complexity index is 1290. The maximum absolute atomic E-state index is 14.9. The fourth-order valence-corrected chi connectivity index (χ4v) is 6.31. The molecular formula is C24H32FN5O5S. The van der Waals surface area contributed by atoms with E-state index in [0.717, 1.165) is 0 Å². The first-order valence-electron chi connectivity index (χ1n) is 12.1. The van der Waals surface area contributed by atoms with Gasteiger partial charge in [-0.25, -0.2) is 12.8 Å². The normalized spacial score (nSPS) is 21.2. The molecule has 1 aromatic heterocycles. The van der Waals surface area contributed by atoms with Gasteiger partial charge in [0.25, 0.3) is 5.91 Å². The summed E-state index contributed by atoms with van der Waals surface area (Å²) >= 11 is 0. The van der Waals surface area contributed by atoms with Crippen LogP contribution in [0.25, 0.3) is 10.9 Å². The molecule has 0 bridgehead atoms. The molecule has 0 saturated carbocycles. The molecule has 0 radical (unpaired) electrons. The number of hydrogen-bond acceptors (Lipinski definition) is 6. The van der Waals surface area contributed by atoms with Gasteiger partial charge in [0.05, 0.1) is 17.5 Å². The van der Waals surface area contributed by atoms with E-state index < -0.39 is 38.9 Å². The SMILES string of the molecule is CC(C)(C)C(NC(=O)c1nn(CC2CCS(=O)(=O)CC2)c2c(F)cccc12)C(=O)N[C@@H]1CNC(=O)C1. The molecule has 3 amide bonds. The van der Waals surface area contributed by atoms with Crippen molar-refractivity contribution in [3.63, 3.8) is 0 Å². The molecule has 4 rings (SSSR count). The highest BCUT2D eigenvalue weighted by molar-refractivity contribution is 7.91. The number of halogens is 1. The van der Waals surface area contributed by atoms with Crippen LogP contribution in [0.3, 0.4) is 0 Å². The highest BCUT2D eigenvalue weighted by atomic mass is 32.2. The first kappa shape index (κ1) is 26.1. The smallest absolute Gasteiger partial charge is 0.273 e. The van der Waals surface area contributed by atoms with Crippen LogP contribution in [0.1, 0.15) is 50.5 Å². The van der Waals surface area contributed by atoms with Gasteiger partial charge in [-0.1, -0.05) is 32.9 Å². The summed E-state index contributed by atoms with van der Waals surface area (Å²) in [7, 11) is -3.04. The molecule has 3 heterocycles. The van der Waals surface area contributed by atoms with Crippen molar-refractivity contribution in [1.82, 2.24) is 25.7 Å². The molecule has 2 fully saturated rings. The predicted molar refractivity (Wildman–Crippen MR) is 131 cm³/mol. The highest BCUT2D eigenvalue weighted by Crippen LogP contribution is 2.27. The fourth-order valence-electron chi connectivity index (χ4n) is 4.73. The lowest BCUT2D eigenvalue weighted by Gasteiger charge is -2.31. The first-order valence-corrected chi connectivity index (χ1v) is 13.9. The van der Waals surface area contributed by atoms with E-state index in [2.05, 4.69) is 21.0 Å². The van der Waals surface area contributed by atoms with Crippen molar-refractivity contribution in [3.05, 3.63) is 29.7 Å². The van der Waals surface area contributed by atoms with Crippen LogP contribution in [0.5, 0.6) is 0 Å².